The molecule has 0 aromatic carbocycles. The largest absolute Gasteiger partial charge is 0.382 e. The minimum absolute atomic E-state index is 1.07. The van der Waals surface area contributed by atoms with E-state index in [-0.39, 0.29) is 0 Å². The fourth-order valence-electron chi connectivity index (χ4n) is 2.67. The van der Waals surface area contributed by atoms with E-state index in [9.17, 15) is 0 Å². The molecule has 1 aliphatic rings. The Morgan fingerprint density at radius 1 is 1.16 bits per heavy atom. The molecule has 0 atom stereocenters. The van der Waals surface area contributed by atoms with Crippen molar-refractivity contribution in [3.63, 3.8) is 0 Å². The van der Waals surface area contributed by atoms with Gasteiger partial charge in [-0.25, -0.2) is 4.98 Å². The van der Waals surface area contributed by atoms with Gasteiger partial charge in [0, 0.05) is 25.8 Å². The molecule has 1 aromatic heterocycles. The molecule has 0 amide bonds. The summed E-state index contributed by atoms with van der Waals surface area (Å²) >= 11 is 0. The van der Waals surface area contributed by atoms with Crippen molar-refractivity contribution in [2.45, 2.75) is 51.9 Å². The molecular weight excluding hydrogens is 234 g/mol. The van der Waals surface area contributed by atoms with Crippen LogP contribution in [0.3, 0.4) is 0 Å². The Balaban J connectivity index is 1.79. The third-order valence-electron chi connectivity index (χ3n) is 3.79. The van der Waals surface area contributed by atoms with Gasteiger partial charge in [-0.05, 0) is 31.4 Å². The molecule has 0 bridgehead atoms. The van der Waals surface area contributed by atoms with Crippen LogP contribution in [0.2, 0.25) is 0 Å². The van der Waals surface area contributed by atoms with Gasteiger partial charge in [-0.1, -0.05) is 32.6 Å². The van der Waals surface area contributed by atoms with Gasteiger partial charge in [-0.3, -0.25) is 0 Å². The summed E-state index contributed by atoms with van der Waals surface area (Å²) in [5.74, 6) is 1.15. The van der Waals surface area contributed by atoms with Crippen LogP contribution in [-0.2, 0) is 0 Å². The van der Waals surface area contributed by atoms with Gasteiger partial charge in [0.05, 0.1) is 5.69 Å². The second kappa shape index (κ2) is 8.03. The third-order valence-corrected chi connectivity index (χ3v) is 3.79. The van der Waals surface area contributed by atoms with Crippen molar-refractivity contribution in [2.75, 3.05) is 29.9 Å². The normalized spacial score (nSPS) is 14.9. The molecule has 2 rings (SSSR count). The standard InChI is InChI=1S/C16H27N3/c1-2-3-4-5-6-11-17-15-10-9-12-18-16(15)19-13-7-8-14-19/h9-10,12,17H,2-8,11,13-14H2,1H3. The van der Waals surface area contributed by atoms with E-state index in [1.165, 1.54) is 50.6 Å². The number of pyridine rings is 1. The fraction of sp³-hybridized carbons (Fsp3) is 0.688. The summed E-state index contributed by atoms with van der Waals surface area (Å²) < 4.78 is 0. The fourth-order valence-corrected chi connectivity index (χ4v) is 2.67. The van der Waals surface area contributed by atoms with E-state index in [0.29, 0.717) is 0 Å². The topological polar surface area (TPSA) is 28.2 Å². The maximum atomic E-state index is 4.55. The Morgan fingerprint density at radius 2 is 1.95 bits per heavy atom. The lowest BCUT2D eigenvalue weighted by atomic mass is 10.1. The minimum atomic E-state index is 1.07. The van der Waals surface area contributed by atoms with Crippen molar-refractivity contribution >= 4 is 11.5 Å². The van der Waals surface area contributed by atoms with E-state index >= 15 is 0 Å². The summed E-state index contributed by atoms with van der Waals surface area (Å²) in [5, 5.41) is 3.56. The maximum Gasteiger partial charge on any atom is 0.151 e. The van der Waals surface area contributed by atoms with Crippen LogP contribution in [0.5, 0.6) is 0 Å². The van der Waals surface area contributed by atoms with Crippen LogP contribution in [0.1, 0.15) is 51.9 Å². The van der Waals surface area contributed by atoms with E-state index in [2.05, 4.69) is 28.2 Å². The first kappa shape index (κ1) is 14.2. The molecule has 0 saturated carbocycles. The van der Waals surface area contributed by atoms with Gasteiger partial charge in [0.2, 0.25) is 0 Å². The molecule has 2 heterocycles. The highest BCUT2D eigenvalue weighted by atomic mass is 15.2. The average molecular weight is 261 g/mol. The molecule has 1 aromatic rings. The van der Waals surface area contributed by atoms with Crippen molar-refractivity contribution in [2.24, 2.45) is 0 Å². The van der Waals surface area contributed by atoms with Crippen molar-refractivity contribution in [1.82, 2.24) is 4.98 Å². The zero-order valence-corrected chi connectivity index (χ0v) is 12.2. The molecule has 1 N–H and O–H groups in total. The summed E-state index contributed by atoms with van der Waals surface area (Å²) in [4.78, 5) is 6.95. The van der Waals surface area contributed by atoms with Gasteiger partial charge in [0.1, 0.15) is 0 Å². The van der Waals surface area contributed by atoms with Gasteiger partial charge >= 0.3 is 0 Å². The van der Waals surface area contributed by atoms with Gasteiger partial charge in [0.15, 0.2) is 5.82 Å². The zero-order chi connectivity index (χ0) is 13.3. The summed E-state index contributed by atoms with van der Waals surface area (Å²) in [6.45, 7) is 5.64. The van der Waals surface area contributed by atoms with Gasteiger partial charge in [-0.15, -0.1) is 0 Å². The Labute approximate surface area is 117 Å². The summed E-state index contributed by atoms with van der Waals surface area (Å²) in [7, 11) is 0. The first-order valence-corrected chi connectivity index (χ1v) is 7.85. The monoisotopic (exact) mass is 261 g/mol. The molecule has 19 heavy (non-hydrogen) atoms. The lowest BCUT2D eigenvalue weighted by Crippen LogP contribution is -2.20. The van der Waals surface area contributed by atoms with Gasteiger partial charge < -0.3 is 10.2 Å². The van der Waals surface area contributed by atoms with Crippen LogP contribution in [0.15, 0.2) is 18.3 Å². The number of anilines is 2. The second-order valence-electron chi connectivity index (χ2n) is 5.41. The Bertz CT molecular complexity index is 359. The smallest absolute Gasteiger partial charge is 0.151 e. The number of hydrogen-bond acceptors (Lipinski definition) is 3. The molecule has 0 radical (unpaired) electrons. The zero-order valence-electron chi connectivity index (χ0n) is 12.2. The first-order chi connectivity index (χ1) is 9.42. The number of aromatic nitrogens is 1. The predicted octanol–water partition coefficient (Wildman–Crippen LogP) is 4.06. The number of nitrogens with zero attached hydrogens (tertiary/aromatic N) is 2. The molecule has 0 aliphatic carbocycles. The summed E-state index contributed by atoms with van der Waals surface area (Å²) in [6.07, 6.45) is 11.1. The van der Waals surface area contributed by atoms with E-state index < -0.39 is 0 Å². The molecular formula is C16H27N3. The van der Waals surface area contributed by atoms with Crippen molar-refractivity contribution in [3.05, 3.63) is 18.3 Å². The highest BCUT2D eigenvalue weighted by molar-refractivity contribution is 5.65. The van der Waals surface area contributed by atoms with Crippen LogP contribution in [0, 0.1) is 0 Å². The Hall–Kier alpha value is -1.25. The molecule has 3 heteroatoms. The SMILES string of the molecule is CCCCCCCNc1cccnc1N1CCCC1. The van der Waals surface area contributed by atoms with E-state index in [0.717, 1.165) is 25.5 Å². The van der Waals surface area contributed by atoms with E-state index in [1.807, 2.05) is 12.3 Å². The number of rotatable bonds is 8. The van der Waals surface area contributed by atoms with E-state index in [1.54, 1.807) is 0 Å². The van der Waals surface area contributed by atoms with Crippen LogP contribution < -0.4 is 10.2 Å². The third kappa shape index (κ3) is 4.41. The van der Waals surface area contributed by atoms with Crippen LogP contribution >= 0.6 is 0 Å². The van der Waals surface area contributed by atoms with Crippen LogP contribution in [0.25, 0.3) is 0 Å². The Morgan fingerprint density at radius 3 is 2.74 bits per heavy atom. The first-order valence-electron chi connectivity index (χ1n) is 7.85. The number of nitrogens with one attached hydrogen (secondary N) is 1. The second-order valence-corrected chi connectivity index (χ2v) is 5.41. The molecule has 106 valence electrons. The average Bonchev–Trinajstić information content (AvgIpc) is 2.97. The summed E-state index contributed by atoms with van der Waals surface area (Å²) in [6, 6.07) is 4.19. The molecule has 1 saturated heterocycles. The molecule has 1 fully saturated rings. The quantitative estimate of drug-likeness (QED) is 0.715. The van der Waals surface area contributed by atoms with Gasteiger partial charge in [-0.2, -0.15) is 0 Å². The minimum Gasteiger partial charge on any atom is -0.382 e. The Kier molecular flexibility index (Phi) is 5.99. The highest BCUT2D eigenvalue weighted by Crippen LogP contribution is 2.25. The summed E-state index contributed by atoms with van der Waals surface area (Å²) in [5.41, 5.74) is 1.21. The molecule has 1 aliphatic heterocycles. The highest BCUT2D eigenvalue weighted by Gasteiger charge is 2.16. The molecule has 0 unspecified atom stereocenters. The lowest BCUT2D eigenvalue weighted by molar-refractivity contribution is 0.645. The van der Waals surface area contributed by atoms with E-state index in [4.69, 9.17) is 0 Å². The lowest BCUT2D eigenvalue weighted by Gasteiger charge is -2.20. The number of hydrogen-bond donors (Lipinski definition) is 1. The molecule has 3 nitrogen and oxygen atoms in total. The number of unbranched alkanes of at least 4 members (excludes halogenated alkanes) is 4. The molecule has 0 spiro atoms. The maximum absolute atomic E-state index is 4.55. The van der Waals surface area contributed by atoms with Crippen LogP contribution in [-0.4, -0.2) is 24.6 Å². The van der Waals surface area contributed by atoms with Crippen LogP contribution in [0.4, 0.5) is 11.5 Å². The predicted molar refractivity (Wildman–Crippen MR) is 82.9 cm³/mol. The van der Waals surface area contributed by atoms with Crippen molar-refractivity contribution < 1.29 is 0 Å². The van der Waals surface area contributed by atoms with Gasteiger partial charge in [0.25, 0.3) is 0 Å². The van der Waals surface area contributed by atoms with Crippen molar-refractivity contribution in [1.29, 1.82) is 0 Å². The van der Waals surface area contributed by atoms with Crippen molar-refractivity contribution in [3.8, 4) is 0 Å².